The van der Waals surface area contributed by atoms with Gasteiger partial charge in [-0.15, -0.1) is 11.3 Å². The molecular weight excluding hydrogens is 366 g/mol. The van der Waals surface area contributed by atoms with Crippen molar-refractivity contribution in [3.63, 3.8) is 0 Å². The summed E-state index contributed by atoms with van der Waals surface area (Å²) in [5.41, 5.74) is 0.811. The van der Waals surface area contributed by atoms with Gasteiger partial charge in [-0.05, 0) is 55.3 Å². The van der Waals surface area contributed by atoms with Crippen LogP contribution in [0, 0.1) is 0 Å². The Morgan fingerprint density at radius 3 is 2.25 bits per heavy atom. The van der Waals surface area contributed by atoms with Crippen LogP contribution in [-0.4, -0.2) is 4.57 Å². The minimum atomic E-state index is -0.188. The Morgan fingerprint density at radius 2 is 1.50 bits per heavy atom. The first-order valence-electron chi connectivity index (χ1n) is 9.43. The number of hydrogen-bond donors (Lipinski definition) is 0. The average molecular weight is 385 g/mol. The standard InChI is InChI=1S/C24H19NO2S/c1-14(2)6-5-13-25-23(26)17-10-9-16-15-7-3-4-8-19(15)28-20-12-11-18(24(25)27)21(17)22(16)20/h3-4,6-12H,5,13H2,1-2H3. The minimum Gasteiger partial charge on any atom is -0.274 e. The van der Waals surface area contributed by atoms with Gasteiger partial charge in [0.1, 0.15) is 0 Å². The van der Waals surface area contributed by atoms with Gasteiger partial charge in [0.2, 0.25) is 0 Å². The third-order valence-corrected chi connectivity index (χ3v) is 6.51. The van der Waals surface area contributed by atoms with Gasteiger partial charge in [0.05, 0.1) is 0 Å². The fourth-order valence-corrected chi connectivity index (χ4v) is 5.22. The van der Waals surface area contributed by atoms with Crippen LogP contribution in [0.1, 0.15) is 20.3 Å². The Morgan fingerprint density at radius 1 is 0.821 bits per heavy atom. The molecular formula is C24H19NO2S. The Labute approximate surface area is 165 Å². The lowest BCUT2D eigenvalue weighted by molar-refractivity contribution is 0.667. The fourth-order valence-electron chi connectivity index (χ4n) is 4.10. The molecule has 2 heterocycles. The Bertz CT molecular complexity index is 1480. The summed E-state index contributed by atoms with van der Waals surface area (Å²) in [6, 6.07) is 16.1. The summed E-state index contributed by atoms with van der Waals surface area (Å²) in [4.78, 5) is 26.3. The van der Waals surface area contributed by atoms with E-state index in [1.165, 1.54) is 14.8 Å². The van der Waals surface area contributed by atoms with E-state index < -0.39 is 0 Å². The van der Waals surface area contributed by atoms with Crippen LogP contribution in [0.25, 0.3) is 41.7 Å². The summed E-state index contributed by atoms with van der Waals surface area (Å²) in [6.07, 6.45) is 2.74. The van der Waals surface area contributed by atoms with Crippen LogP contribution in [0.2, 0.25) is 0 Å². The molecule has 2 aromatic heterocycles. The van der Waals surface area contributed by atoms with Crippen LogP contribution in [-0.2, 0) is 6.54 Å². The van der Waals surface area contributed by atoms with Crippen molar-refractivity contribution < 1.29 is 0 Å². The smallest absolute Gasteiger partial charge is 0.261 e. The van der Waals surface area contributed by atoms with Gasteiger partial charge in [-0.3, -0.25) is 14.2 Å². The summed E-state index contributed by atoms with van der Waals surface area (Å²) >= 11 is 1.70. The maximum Gasteiger partial charge on any atom is 0.261 e. The molecule has 0 aliphatic heterocycles. The molecule has 3 nitrogen and oxygen atoms in total. The van der Waals surface area contributed by atoms with E-state index in [4.69, 9.17) is 0 Å². The van der Waals surface area contributed by atoms with Crippen LogP contribution in [0.15, 0.2) is 69.8 Å². The third-order valence-electron chi connectivity index (χ3n) is 5.38. The lowest BCUT2D eigenvalue weighted by Gasteiger charge is -2.13. The van der Waals surface area contributed by atoms with Crippen molar-refractivity contribution in [1.82, 2.24) is 4.57 Å². The molecule has 4 heteroatoms. The van der Waals surface area contributed by atoms with E-state index >= 15 is 0 Å². The molecule has 5 aromatic rings. The zero-order valence-corrected chi connectivity index (χ0v) is 16.6. The lowest BCUT2D eigenvalue weighted by atomic mass is 9.98. The summed E-state index contributed by atoms with van der Waals surface area (Å²) in [7, 11) is 0. The van der Waals surface area contributed by atoms with Gasteiger partial charge in [0.25, 0.3) is 11.1 Å². The fraction of sp³-hybridized carbons (Fsp3) is 0.167. The summed E-state index contributed by atoms with van der Waals surface area (Å²) in [6.45, 7) is 4.45. The highest BCUT2D eigenvalue weighted by Gasteiger charge is 2.17. The second-order valence-corrected chi connectivity index (χ2v) is 8.54. The van der Waals surface area contributed by atoms with Crippen LogP contribution in [0.4, 0.5) is 0 Å². The van der Waals surface area contributed by atoms with E-state index in [1.807, 2.05) is 50.2 Å². The summed E-state index contributed by atoms with van der Waals surface area (Å²) in [5.74, 6) is 0. The van der Waals surface area contributed by atoms with Crippen molar-refractivity contribution in [1.29, 1.82) is 0 Å². The van der Waals surface area contributed by atoms with E-state index in [1.54, 1.807) is 11.3 Å². The molecule has 0 bridgehead atoms. The third kappa shape index (κ3) is 2.41. The number of rotatable bonds is 3. The van der Waals surface area contributed by atoms with Crippen molar-refractivity contribution >= 4 is 53.1 Å². The van der Waals surface area contributed by atoms with Gasteiger partial charge in [-0.25, -0.2) is 0 Å². The molecule has 5 rings (SSSR count). The van der Waals surface area contributed by atoms with Gasteiger partial charge in [-0.2, -0.15) is 0 Å². The highest BCUT2D eigenvalue weighted by atomic mass is 32.1. The molecule has 0 aliphatic carbocycles. The normalized spacial score (nSPS) is 11.8. The second kappa shape index (κ2) is 6.28. The molecule has 0 saturated heterocycles. The molecule has 0 spiro atoms. The Kier molecular flexibility index (Phi) is 3.84. The summed E-state index contributed by atoms with van der Waals surface area (Å²) < 4.78 is 3.70. The van der Waals surface area contributed by atoms with Crippen LogP contribution in [0.3, 0.4) is 0 Å². The van der Waals surface area contributed by atoms with Crippen molar-refractivity contribution in [2.75, 3.05) is 0 Å². The topological polar surface area (TPSA) is 39.1 Å². The highest BCUT2D eigenvalue weighted by molar-refractivity contribution is 7.25. The zero-order valence-electron chi connectivity index (χ0n) is 15.8. The lowest BCUT2D eigenvalue weighted by Crippen LogP contribution is -2.33. The van der Waals surface area contributed by atoms with Crippen molar-refractivity contribution in [3.8, 4) is 0 Å². The predicted molar refractivity (Wildman–Crippen MR) is 120 cm³/mol. The van der Waals surface area contributed by atoms with Crippen molar-refractivity contribution in [3.05, 3.63) is 80.9 Å². The Balaban J connectivity index is 1.91. The van der Waals surface area contributed by atoms with E-state index in [0.717, 1.165) is 26.2 Å². The molecule has 28 heavy (non-hydrogen) atoms. The maximum absolute atomic E-state index is 13.1. The van der Waals surface area contributed by atoms with Crippen LogP contribution in [0.5, 0.6) is 0 Å². The molecule has 0 saturated carbocycles. The van der Waals surface area contributed by atoms with Crippen molar-refractivity contribution in [2.24, 2.45) is 0 Å². The van der Waals surface area contributed by atoms with E-state index in [0.29, 0.717) is 23.7 Å². The van der Waals surface area contributed by atoms with E-state index in [2.05, 4.69) is 18.2 Å². The molecule has 0 fully saturated rings. The first-order chi connectivity index (χ1) is 13.6. The average Bonchev–Trinajstić information content (AvgIpc) is 2.70. The van der Waals surface area contributed by atoms with Gasteiger partial charge in [0.15, 0.2) is 0 Å². The zero-order chi connectivity index (χ0) is 19.4. The molecule has 0 atom stereocenters. The largest absolute Gasteiger partial charge is 0.274 e. The second-order valence-electron chi connectivity index (χ2n) is 7.45. The number of pyridine rings is 1. The molecule has 138 valence electrons. The number of fused-ring (bicyclic) bond motifs is 2. The minimum absolute atomic E-state index is 0.188. The number of nitrogens with zero attached hydrogens (tertiary/aromatic N) is 1. The quantitative estimate of drug-likeness (QED) is 0.228. The molecule has 0 radical (unpaired) electrons. The number of hydrogen-bond acceptors (Lipinski definition) is 3. The summed E-state index contributed by atoms with van der Waals surface area (Å²) in [5, 5.41) is 5.37. The first-order valence-corrected chi connectivity index (χ1v) is 10.2. The van der Waals surface area contributed by atoms with Gasteiger partial charge in [-0.1, -0.05) is 35.9 Å². The molecule has 0 N–H and O–H groups in total. The Hall–Kier alpha value is -2.98. The molecule has 0 unspecified atom stereocenters. The van der Waals surface area contributed by atoms with Gasteiger partial charge >= 0.3 is 0 Å². The molecule has 3 aromatic carbocycles. The van der Waals surface area contributed by atoms with Gasteiger partial charge in [0, 0.05) is 37.5 Å². The number of benzene rings is 3. The van der Waals surface area contributed by atoms with Crippen molar-refractivity contribution in [2.45, 2.75) is 26.8 Å². The van der Waals surface area contributed by atoms with Crippen LogP contribution >= 0.6 is 11.3 Å². The molecule has 0 amide bonds. The van der Waals surface area contributed by atoms with Gasteiger partial charge < -0.3 is 0 Å². The maximum atomic E-state index is 13.1. The highest BCUT2D eigenvalue weighted by Crippen LogP contribution is 2.39. The monoisotopic (exact) mass is 385 g/mol. The SMILES string of the molecule is CC(C)=CCCn1c(=O)c2ccc3sc4ccccc4c4ccc(c1=O)c2c34. The van der Waals surface area contributed by atoms with Crippen LogP contribution < -0.4 is 11.1 Å². The number of aromatic nitrogens is 1. The number of allylic oxidation sites excluding steroid dienone is 2. The molecule has 0 aliphatic rings. The van der Waals surface area contributed by atoms with E-state index in [-0.39, 0.29) is 11.1 Å². The first kappa shape index (κ1) is 17.1. The van der Waals surface area contributed by atoms with E-state index in [9.17, 15) is 9.59 Å². The predicted octanol–water partition coefficient (Wildman–Crippen LogP) is 5.68.